The number of carbonyl (C=O) groups excluding carboxylic acids is 2. The molecule has 0 rings (SSSR count). The molecule has 0 N–H and O–H groups in total. The standard InChI is InChI=1S/C5H8O2.La.Zr/c1-4(6)3-5(2)7;;/h3H2,1-2H3;;. The van der Waals surface area contributed by atoms with Gasteiger partial charge in [0.15, 0.2) is 0 Å². The van der Waals surface area contributed by atoms with Crippen molar-refractivity contribution in [3.8, 4) is 0 Å². The average molecular weight is 330 g/mol. The normalized spacial score (nSPS) is 6.44. The molecular weight excluding hydrogens is 322 g/mol. The molecule has 0 spiro atoms. The van der Waals surface area contributed by atoms with E-state index in [4.69, 9.17) is 0 Å². The van der Waals surface area contributed by atoms with Crippen molar-refractivity contribution in [2.45, 2.75) is 20.3 Å². The Hall–Kier alpha value is 1.42. The number of ketones is 2. The largest absolute Gasteiger partial charge is 0.300 e. The molecule has 0 saturated heterocycles. The summed E-state index contributed by atoms with van der Waals surface area (Å²) in [5.74, 6) is -0.125. The molecule has 0 bridgehead atoms. The van der Waals surface area contributed by atoms with E-state index in [1.807, 2.05) is 0 Å². The van der Waals surface area contributed by atoms with E-state index in [1.165, 1.54) is 13.8 Å². The van der Waals surface area contributed by atoms with E-state index in [0.717, 1.165) is 0 Å². The van der Waals surface area contributed by atoms with E-state index in [2.05, 4.69) is 0 Å². The van der Waals surface area contributed by atoms with Crippen LogP contribution in [0.4, 0.5) is 0 Å². The third-order valence-electron chi connectivity index (χ3n) is 0.498. The average Bonchev–Trinajstić information content (AvgIpc) is 1.27. The first kappa shape index (κ1) is 16.8. The summed E-state index contributed by atoms with van der Waals surface area (Å²) in [6.07, 6.45) is 0.0833. The molecule has 0 aromatic carbocycles. The number of Topliss-reactive ketones (excluding diaryl/α,β-unsaturated/α-hetero) is 2. The van der Waals surface area contributed by atoms with Gasteiger partial charge in [0.05, 0.1) is 6.42 Å². The van der Waals surface area contributed by atoms with Crippen LogP contribution in [-0.2, 0) is 35.8 Å². The van der Waals surface area contributed by atoms with Gasteiger partial charge in [-0.25, -0.2) is 0 Å². The minimum atomic E-state index is -0.0625. The summed E-state index contributed by atoms with van der Waals surface area (Å²) in [7, 11) is 0. The topological polar surface area (TPSA) is 34.1 Å². The summed E-state index contributed by atoms with van der Waals surface area (Å²) in [6, 6.07) is 0. The molecule has 0 unspecified atom stereocenters. The SMILES string of the molecule is CC(=O)CC(C)=O.[La].[Zr]. The Labute approximate surface area is 102 Å². The molecule has 0 amide bonds. The Balaban J connectivity index is -0.000000180. The molecule has 0 aliphatic carbocycles. The van der Waals surface area contributed by atoms with Gasteiger partial charge in [0, 0.05) is 61.8 Å². The third kappa shape index (κ3) is 17.7. The first-order valence-electron chi connectivity index (χ1n) is 2.12. The predicted molar refractivity (Wildman–Crippen MR) is 26.0 cm³/mol. The van der Waals surface area contributed by atoms with Crippen molar-refractivity contribution < 1.29 is 71.4 Å². The Morgan fingerprint density at radius 2 is 1.33 bits per heavy atom. The zero-order valence-electron chi connectivity index (χ0n) is 5.60. The summed E-state index contributed by atoms with van der Waals surface area (Å²) in [5.41, 5.74) is 0. The van der Waals surface area contributed by atoms with Crippen LogP contribution in [0.5, 0.6) is 0 Å². The van der Waals surface area contributed by atoms with E-state index in [0.29, 0.717) is 0 Å². The summed E-state index contributed by atoms with van der Waals surface area (Å²) in [6.45, 7) is 2.81. The van der Waals surface area contributed by atoms with Gasteiger partial charge in [-0.15, -0.1) is 0 Å². The van der Waals surface area contributed by atoms with Crippen LogP contribution >= 0.6 is 0 Å². The fourth-order valence-corrected chi connectivity index (χ4v) is 0.351. The zero-order chi connectivity index (χ0) is 5.86. The monoisotopic (exact) mass is 329 g/mol. The zero-order valence-corrected chi connectivity index (χ0v) is 11.7. The van der Waals surface area contributed by atoms with Gasteiger partial charge >= 0.3 is 0 Å². The fourth-order valence-electron chi connectivity index (χ4n) is 0.351. The second-order valence-corrected chi connectivity index (χ2v) is 1.58. The van der Waals surface area contributed by atoms with Crippen LogP contribution in [0.1, 0.15) is 20.3 Å². The molecule has 0 atom stereocenters. The second-order valence-electron chi connectivity index (χ2n) is 1.58. The van der Waals surface area contributed by atoms with Crippen molar-refractivity contribution in [1.29, 1.82) is 0 Å². The van der Waals surface area contributed by atoms with Crippen molar-refractivity contribution in [2.24, 2.45) is 0 Å². The smallest absolute Gasteiger partial charge is 0.137 e. The number of hydrogen-bond acceptors (Lipinski definition) is 2. The van der Waals surface area contributed by atoms with Gasteiger partial charge in [-0.2, -0.15) is 0 Å². The Bertz CT molecular complexity index is 91.1. The Morgan fingerprint density at radius 3 is 1.33 bits per heavy atom. The van der Waals surface area contributed by atoms with Crippen molar-refractivity contribution in [1.82, 2.24) is 0 Å². The maximum Gasteiger partial charge on any atom is 0.137 e. The Morgan fingerprint density at radius 1 is 1.11 bits per heavy atom. The van der Waals surface area contributed by atoms with Crippen LogP contribution < -0.4 is 0 Å². The quantitative estimate of drug-likeness (QED) is 0.693. The maximum absolute atomic E-state index is 10.0. The maximum atomic E-state index is 10.0. The first-order chi connectivity index (χ1) is 3.13. The molecule has 0 saturated carbocycles. The molecular formula is C5H8LaO2Zr. The summed E-state index contributed by atoms with van der Waals surface area (Å²) in [4.78, 5) is 20.1. The molecule has 1 radical (unpaired) electrons. The first-order valence-corrected chi connectivity index (χ1v) is 2.12. The van der Waals surface area contributed by atoms with E-state index in [9.17, 15) is 9.59 Å². The molecule has 2 nitrogen and oxygen atoms in total. The molecule has 9 heavy (non-hydrogen) atoms. The van der Waals surface area contributed by atoms with Crippen LogP contribution in [0.15, 0.2) is 0 Å². The molecule has 4 heteroatoms. The van der Waals surface area contributed by atoms with Gasteiger partial charge in [0.25, 0.3) is 0 Å². The van der Waals surface area contributed by atoms with Crippen LogP contribution in [0.25, 0.3) is 0 Å². The van der Waals surface area contributed by atoms with E-state index >= 15 is 0 Å². The predicted octanol–water partition coefficient (Wildman–Crippen LogP) is 0.552. The Kier molecular flexibility index (Phi) is 17.6. The molecule has 0 aliphatic heterocycles. The van der Waals surface area contributed by atoms with E-state index in [-0.39, 0.29) is 79.8 Å². The molecule has 0 heterocycles. The van der Waals surface area contributed by atoms with Gasteiger partial charge < -0.3 is 0 Å². The van der Waals surface area contributed by atoms with Crippen molar-refractivity contribution in [2.75, 3.05) is 0 Å². The third-order valence-corrected chi connectivity index (χ3v) is 0.498. The van der Waals surface area contributed by atoms with Crippen LogP contribution in [0, 0.1) is 35.6 Å². The number of rotatable bonds is 2. The van der Waals surface area contributed by atoms with Gasteiger partial charge in [0.2, 0.25) is 0 Å². The van der Waals surface area contributed by atoms with E-state index in [1.54, 1.807) is 0 Å². The van der Waals surface area contributed by atoms with E-state index < -0.39 is 0 Å². The van der Waals surface area contributed by atoms with Gasteiger partial charge in [-0.3, -0.25) is 9.59 Å². The fraction of sp³-hybridized carbons (Fsp3) is 0.600. The minimum Gasteiger partial charge on any atom is -0.300 e. The summed E-state index contributed by atoms with van der Waals surface area (Å²) >= 11 is 0. The summed E-state index contributed by atoms with van der Waals surface area (Å²) in [5, 5.41) is 0. The molecule has 0 aliphatic rings. The van der Waals surface area contributed by atoms with Crippen LogP contribution in [-0.4, -0.2) is 11.6 Å². The molecule has 0 fully saturated rings. The summed E-state index contributed by atoms with van der Waals surface area (Å²) < 4.78 is 0. The van der Waals surface area contributed by atoms with Crippen LogP contribution in [0.2, 0.25) is 0 Å². The number of hydrogen-bond donors (Lipinski definition) is 0. The second kappa shape index (κ2) is 9.42. The van der Waals surface area contributed by atoms with Crippen molar-refractivity contribution in [3.63, 3.8) is 0 Å². The van der Waals surface area contributed by atoms with Crippen LogP contribution in [0.3, 0.4) is 0 Å². The number of carbonyl (C=O) groups is 2. The molecule has 0 aromatic heterocycles. The van der Waals surface area contributed by atoms with Crippen molar-refractivity contribution >= 4 is 11.6 Å². The molecule has 0 aromatic rings. The minimum absolute atomic E-state index is 0. The van der Waals surface area contributed by atoms with Crippen molar-refractivity contribution in [3.05, 3.63) is 0 Å². The molecule has 47 valence electrons. The van der Waals surface area contributed by atoms with Gasteiger partial charge in [-0.05, 0) is 13.8 Å². The van der Waals surface area contributed by atoms with Gasteiger partial charge in [-0.1, -0.05) is 0 Å². The van der Waals surface area contributed by atoms with Gasteiger partial charge in [0.1, 0.15) is 11.6 Å².